The normalized spacial score (nSPS) is 12.0. The van der Waals surface area contributed by atoms with E-state index in [1.807, 2.05) is 17.7 Å². The predicted octanol–water partition coefficient (Wildman–Crippen LogP) is 1.15. The Morgan fingerprint density at radius 3 is 2.88 bits per heavy atom. The first-order chi connectivity index (χ1) is 7.47. The van der Waals surface area contributed by atoms with Gasteiger partial charge in [0.05, 0.1) is 17.4 Å². The molecule has 0 aliphatic carbocycles. The van der Waals surface area contributed by atoms with Gasteiger partial charge < -0.3 is 15.0 Å². The van der Waals surface area contributed by atoms with Gasteiger partial charge in [-0.15, -0.1) is 0 Å². The number of imidazole rings is 1. The number of nitrogens with zero attached hydrogens (tertiary/aromatic N) is 3. The maximum Gasteiger partial charge on any atom is 0.154 e. The van der Waals surface area contributed by atoms with Crippen molar-refractivity contribution in [2.45, 2.75) is 19.4 Å². The van der Waals surface area contributed by atoms with Crippen LogP contribution in [0, 0.1) is 0 Å². The predicted molar refractivity (Wildman–Crippen MR) is 63.3 cm³/mol. The van der Waals surface area contributed by atoms with E-state index >= 15 is 0 Å². The summed E-state index contributed by atoms with van der Waals surface area (Å²) in [6, 6.07) is 1.91. The first kappa shape index (κ1) is 10.9. The molecule has 0 unspecified atom stereocenters. The molecule has 0 saturated heterocycles. The highest BCUT2D eigenvalue weighted by atomic mass is 16.3. The molecule has 0 aliphatic heterocycles. The molecule has 0 bridgehead atoms. The zero-order valence-corrected chi connectivity index (χ0v) is 9.73. The number of pyridine rings is 1. The van der Waals surface area contributed by atoms with E-state index in [0.29, 0.717) is 12.4 Å². The van der Waals surface area contributed by atoms with Gasteiger partial charge in [0, 0.05) is 19.8 Å². The van der Waals surface area contributed by atoms with E-state index in [2.05, 4.69) is 15.3 Å². The number of aliphatic hydroxyl groups is 1. The van der Waals surface area contributed by atoms with E-state index in [4.69, 9.17) is 0 Å². The van der Waals surface area contributed by atoms with Crippen LogP contribution in [0.3, 0.4) is 0 Å². The van der Waals surface area contributed by atoms with Crippen molar-refractivity contribution in [3.63, 3.8) is 0 Å². The van der Waals surface area contributed by atoms with E-state index in [9.17, 15) is 5.11 Å². The van der Waals surface area contributed by atoms with Crippen LogP contribution in [0.5, 0.6) is 0 Å². The van der Waals surface area contributed by atoms with E-state index in [1.165, 1.54) is 0 Å². The first-order valence-electron chi connectivity index (χ1n) is 5.20. The molecule has 86 valence electrons. The summed E-state index contributed by atoms with van der Waals surface area (Å²) in [5.41, 5.74) is 1.08. The SMILES string of the molecule is Cn1cnc2c(NCC(C)(C)O)nccc21. The third kappa shape index (κ3) is 2.14. The van der Waals surface area contributed by atoms with Crippen molar-refractivity contribution >= 4 is 16.9 Å². The summed E-state index contributed by atoms with van der Waals surface area (Å²) in [5, 5.41) is 12.7. The van der Waals surface area contributed by atoms with Crippen LogP contribution >= 0.6 is 0 Å². The number of nitrogens with one attached hydrogen (secondary N) is 1. The average molecular weight is 220 g/mol. The third-order valence-corrected chi connectivity index (χ3v) is 2.33. The largest absolute Gasteiger partial charge is 0.389 e. The van der Waals surface area contributed by atoms with Crippen LogP contribution in [0.25, 0.3) is 11.0 Å². The van der Waals surface area contributed by atoms with E-state index in [1.54, 1.807) is 26.4 Å². The Morgan fingerprint density at radius 2 is 2.19 bits per heavy atom. The van der Waals surface area contributed by atoms with Crippen LogP contribution < -0.4 is 5.32 Å². The Bertz CT molecular complexity index is 498. The van der Waals surface area contributed by atoms with Gasteiger partial charge in [-0.25, -0.2) is 9.97 Å². The number of aromatic nitrogens is 3. The molecule has 2 aromatic heterocycles. The minimum atomic E-state index is -0.765. The van der Waals surface area contributed by atoms with Crippen LogP contribution in [0.15, 0.2) is 18.6 Å². The highest BCUT2D eigenvalue weighted by Crippen LogP contribution is 2.18. The molecule has 2 heterocycles. The summed E-state index contributed by atoms with van der Waals surface area (Å²) in [4.78, 5) is 8.50. The summed E-state index contributed by atoms with van der Waals surface area (Å²) in [5.74, 6) is 0.709. The number of hydrogen-bond acceptors (Lipinski definition) is 4. The number of fused-ring (bicyclic) bond motifs is 1. The number of aryl methyl sites for hydroxylation is 1. The first-order valence-corrected chi connectivity index (χ1v) is 5.20. The zero-order chi connectivity index (χ0) is 11.8. The molecule has 0 fully saturated rings. The second-order valence-corrected chi connectivity index (χ2v) is 4.55. The van der Waals surface area contributed by atoms with Crippen LogP contribution in [-0.4, -0.2) is 31.8 Å². The smallest absolute Gasteiger partial charge is 0.154 e. The van der Waals surface area contributed by atoms with Crippen LogP contribution in [0.2, 0.25) is 0 Å². The van der Waals surface area contributed by atoms with Crippen molar-refractivity contribution < 1.29 is 5.11 Å². The topological polar surface area (TPSA) is 63.0 Å². The molecule has 5 heteroatoms. The maximum atomic E-state index is 9.64. The number of hydrogen-bond donors (Lipinski definition) is 2. The lowest BCUT2D eigenvalue weighted by molar-refractivity contribution is 0.0944. The van der Waals surface area contributed by atoms with Gasteiger partial charge in [0.1, 0.15) is 5.52 Å². The summed E-state index contributed by atoms with van der Waals surface area (Å²) in [7, 11) is 1.94. The maximum absolute atomic E-state index is 9.64. The van der Waals surface area contributed by atoms with Crippen molar-refractivity contribution in [2.24, 2.45) is 7.05 Å². The molecule has 0 amide bonds. The summed E-state index contributed by atoms with van der Waals surface area (Å²) in [6.07, 6.45) is 3.48. The Kier molecular flexibility index (Phi) is 2.55. The molecule has 0 atom stereocenters. The van der Waals surface area contributed by atoms with Crippen molar-refractivity contribution in [1.82, 2.24) is 14.5 Å². The molecule has 0 aromatic carbocycles. The van der Waals surface area contributed by atoms with Gasteiger partial charge in [0.2, 0.25) is 0 Å². The highest BCUT2D eigenvalue weighted by molar-refractivity contribution is 5.85. The van der Waals surface area contributed by atoms with Gasteiger partial charge in [-0.3, -0.25) is 0 Å². The minimum absolute atomic E-state index is 0.440. The van der Waals surface area contributed by atoms with Crippen molar-refractivity contribution in [3.8, 4) is 0 Å². The molecule has 2 N–H and O–H groups in total. The second-order valence-electron chi connectivity index (χ2n) is 4.55. The lowest BCUT2D eigenvalue weighted by Crippen LogP contribution is -2.29. The van der Waals surface area contributed by atoms with Gasteiger partial charge in [-0.05, 0) is 19.9 Å². The number of anilines is 1. The lowest BCUT2D eigenvalue weighted by Gasteiger charge is -2.18. The Morgan fingerprint density at radius 1 is 1.44 bits per heavy atom. The molecule has 0 saturated carbocycles. The van der Waals surface area contributed by atoms with Crippen LogP contribution in [0.1, 0.15) is 13.8 Å². The van der Waals surface area contributed by atoms with Crippen LogP contribution in [-0.2, 0) is 7.05 Å². The number of rotatable bonds is 3. The lowest BCUT2D eigenvalue weighted by atomic mass is 10.1. The van der Waals surface area contributed by atoms with E-state index < -0.39 is 5.60 Å². The zero-order valence-electron chi connectivity index (χ0n) is 9.73. The fraction of sp³-hybridized carbons (Fsp3) is 0.455. The van der Waals surface area contributed by atoms with Gasteiger partial charge in [-0.1, -0.05) is 0 Å². The molecule has 2 aromatic rings. The Hall–Kier alpha value is -1.62. The fourth-order valence-electron chi connectivity index (χ4n) is 1.49. The summed E-state index contributed by atoms with van der Waals surface area (Å²) >= 11 is 0. The molecule has 0 spiro atoms. The van der Waals surface area contributed by atoms with Crippen molar-refractivity contribution in [1.29, 1.82) is 0 Å². The Balaban J connectivity index is 2.31. The Labute approximate surface area is 94.1 Å². The fourth-order valence-corrected chi connectivity index (χ4v) is 1.49. The minimum Gasteiger partial charge on any atom is -0.389 e. The van der Waals surface area contributed by atoms with Gasteiger partial charge in [0.15, 0.2) is 5.82 Å². The molecule has 16 heavy (non-hydrogen) atoms. The van der Waals surface area contributed by atoms with Crippen LogP contribution in [0.4, 0.5) is 5.82 Å². The molecular weight excluding hydrogens is 204 g/mol. The quantitative estimate of drug-likeness (QED) is 0.814. The van der Waals surface area contributed by atoms with Crippen molar-refractivity contribution in [2.75, 3.05) is 11.9 Å². The molecule has 5 nitrogen and oxygen atoms in total. The van der Waals surface area contributed by atoms with E-state index in [0.717, 1.165) is 11.0 Å². The van der Waals surface area contributed by atoms with Gasteiger partial charge >= 0.3 is 0 Å². The highest BCUT2D eigenvalue weighted by Gasteiger charge is 2.14. The average Bonchev–Trinajstić information content (AvgIpc) is 2.57. The van der Waals surface area contributed by atoms with E-state index in [-0.39, 0.29) is 0 Å². The third-order valence-electron chi connectivity index (χ3n) is 2.33. The second kappa shape index (κ2) is 3.75. The molecular formula is C11H16N4O. The molecule has 0 radical (unpaired) electrons. The van der Waals surface area contributed by atoms with Gasteiger partial charge in [0.25, 0.3) is 0 Å². The summed E-state index contributed by atoms with van der Waals surface area (Å²) < 4.78 is 1.94. The standard InChI is InChI=1S/C11H16N4O/c1-11(2,16)6-13-10-9-8(4-5-12-10)15(3)7-14-9/h4-5,7,16H,6H2,1-3H3,(H,12,13). The molecule has 0 aliphatic rings. The summed E-state index contributed by atoms with van der Waals surface area (Å²) in [6.45, 7) is 3.94. The molecule has 2 rings (SSSR count). The van der Waals surface area contributed by atoms with Gasteiger partial charge in [-0.2, -0.15) is 0 Å². The monoisotopic (exact) mass is 220 g/mol. The van der Waals surface area contributed by atoms with Crippen molar-refractivity contribution in [3.05, 3.63) is 18.6 Å².